The van der Waals surface area contributed by atoms with Gasteiger partial charge in [0, 0.05) is 51.6 Å². The highest BCUT2D eigenvalue weighted by molar-refractivity contribution is 6.31. The minimum atomic E-state index is -1.23. The second-order valence-corrected chi connectivity index (χ2v) is 10.6. The number of nitrogens with two attached hydrogens (primary N) is 1. The summed E-state index contributed by atoms with van der Waals surface area (Å²) in [6.45, 7) is 2.45. The van der Waals surface area contributed by atoms with Crippen LogP contribution in [0.5, 0.6) is 0 Å². The molecule has 7 nitrogen and oxygen atoms in total. The van der Waals surface area contributed by atoms with E-state index in [9.17, 15) is 14.7 Å². The number of nitrogens with zero attached hydrogens (tertiary/aromatic N) is 2. The SMILES string of the molecule is CCN1C2CC(c3ccc(C(=O)O)cc3N)=N[C@H]2[C@H](c2cccc(Cl)c2F)C12C(=O)Nc1cc(Cl)ccc12. The van der Waals surface area contributed by atoms with E-state index in [1.807, 2.05) is 13.0 Å². The highest BCUT2D eigenvalue weighted by atomic mass is 35.5. The largest absolute Gasteiger partial charge is 0.478 e. The summed E-state index contributed by atoms with van der Waals surface area (Å²) in [6.07, 6.45) is 0.450. The van der Waals surface area contributed by atoms with Gasteiger partial charge in [0.25, 0.3) is 0 Å². The lowest BCUT2D eigenvalue weighted by molar-refractivity contribution is -0.127. The fourth-order valence-electron chi connectivity index (χ4n) is 6.59. The number of carbonyl (C=O) groups is 2. The van der Waals surface area contributed by atoms with Crippen molar-refractivity contribution in [2.24, 2.45) is 4.99 Å². The maximum Gasteiger partial charge on any atom is 0.335 e. The topological polar surface area (TPSA) is 108 Å². The minimum absolute atomic E-state index is 0.0328. The standard InChI is InChI=1S/C28H23Cl2FN4O3/c1-2-35-22-12-20(15-8-6-13(26(36)37)10-19(15)32)33-25(22)23(16-4-3-5-18(30)24(16)31)28(35)17-9-7-14(29)11-21(17)34-27(28)38/h3-11,22-23,25H,2,12,32H2,1H3,(H,34,38)(H,36,37)/t22?,23-,25+,28?/m0/s1. The van der Waals surface area contributed by atoms with Crippen LogP contribution in [0.25, 0.3) is 0 Å². The molecule has 38 heavy (non-hydrogen) atoms. The first-order valence-corrected chi connectivity index (χ1v) is 13.0. The molecule has 3 aliphatic heterocycles. The Morgan fingerprint density at radius 2 is 2.03 bits per heavy atom. The van der Waals surface area contributed by atoms with E-state index in [0.717, 1.165) is 5.56 Å². The smallest absolute Gasteiger partial charge is 0.335 e. The van der Waals surface area contributed by atoms with Gasteiger partial charge in [-0.15, -0.1) is 0 Å². The molecule has 194 valence electrons. The van der Waals surface area contributed by atoms with E-state index in [-0.39, 0.29) is 22.5 Å². The van der Waals surface area contributed by atoms with E-state index in [1.54, 1.807) is 30.3 Å². The Kier molecular flexibility index (Phi) is 5.75. The number of carbonyl (C=O) groups excluding carboxylic acids is 1. The third kappa shape index (κ3) is 3.33. The van der Waals surface area contributed by atoms with Crippen LogP contribution in [0.1, 0.15) is 46.3 Å². The molecule has 0 aliphatic carbocycles. The van der Waals surface area contributed by atoms with Crippen molar-refractivity contribution in [1.29, 1.82) is 0 Å². The Balaban J connectivity index is 1.57. The summed E-state index contributed by atoms with van der Waals surface area (Å²) in [5.41, 5.74) is 8.32. The van der Waals surface area contributed by atoms with Gasteiger partial charge in [-0.1, -0.05) is 54.4 Å². The molecule has 0 aromatic heterocycles. The van der Waals surface area contributed by atoms with Crippen molar-refractivity contribution < 1.29 is 19.1 Å². The van der Waals surface area contributed by atoms with Crippen molar-refractivity contribution in [1.82, 2.24) is 4.90 Å². The third-order valence-electron chi connectivity index (χ3n) is 8.00. The molecule has 1 saturated heterocycles. The van der Waals surface area contributed by atoms with Gasteiger partial charge >= 0.3 is 5.97 Å². The van der Waals surface area contributed by atoms with Crippen LogP contribution in [-0.2, 0) is 10.3 Å². The molecule has 2 unspecified atom stereocenters. The summed E-state index contributed by atoms with van der Waals surface area (Å²) in [6, 6.07) is 13.9. The van der Waals surface area contributed by atoms with Crippen LogP contribution in [0.4, 0.5) is 15.8 Å². The number of likely N-dealkylation sites (N-methyl/N-ethyl adjacent to an activating group) is 1. The van der Waals surface area contributed by atoms with Crippen LogP contribution >= 0.6 is 23.2 Å². The van der Waals surface area contributed by atoms with Crippen LogP contribution in [0.3, 0.4) is 0 Å². The molecular formula is C28H23Cl2FN4O3. The molecule has 3 aromatic carbocycles. The normalized spacial score (nSPS) is 25.8. The summed E-state index contributed by atoms with van der Waals surface area (Å²) >= 11 is 12.5. The number of anilines is 2. The molecule has 0 saturated carbocycles. The Hall–Kier alpha value is -3.46. The molecule has 4 N–H and O–H groups in total. The quantitative estimate of drug-likeness (QED) is 0.380. The number of fused-ring (bicyclic) bond motifs is 3. The average Bonchev–Trinajstić information content (AvgIpc) is 3.49. The maximum atomic E-state index is 15.7. The van der Waals surface area contributed by atoms with E-state index < -0.39 is 29.3 Å². The van der Waals surface area contributed by atoms with Crippen LogP contribution < -0.4 is 11.1 Å². The summed E-state index contributed by atoms with van der Waals surface area (Å²) in [5, 5.41) is 12.8. The maximum absolute atomic E-state index is 15.7. The summed E-state index contributed by atoms with van der Waals surface area (Å²) in [5.74, 6) is -2.63. The fourth-order valence-corrected chi connectivity index (χ4v) is 6.95. The number of halogens is 3. The van der Waals surface area contributed by atoms with Crippen molar-refractivity contribution in [3.63, 3.8) is 0 Å². The number of rotatable bonds is 4. The molecule has 0 bridgehead atoms. The zero-order valence-corrected chi connectivity index (χ0v) is 21.7. The lowest BCUT2D eigenvalue weighted by atomic mass is 9.74. The second kappa shape index (κ2) is 8.80. The van der Waals surface area contributed by atoms with E-state index >= 15 is 4.39 Å². The second-order valence-electron chi connectivity index (χ2n) is 9.76. The monoisotopic (exact) mass is 552 g/mol. The zero-order valence-electron chi connectivity index (χ0n) is 20.2. The number of hydrogen-bond acceptors (Lipinski definition) is 5. The zero-order chi connectivity index (χ0) is 26.9. The summed E-state index contributed by atoms with van der Waals surface area (Å²) < 4.78 is 15.7. The van der Waals surface area contributed by atoms with Gasteiger partial charge in [0.05, 0.1) is 16.6 Å². The van der Waals surface area contributed by atoms with Crippen molar-refractivity contribution in [2.45, 2.75) is 36.9 Å². The van der Waals surface area contributed by atoms with Crippen LogP contribution in [0.2, 0.25) is 10.0 Å². The van der Waals surface area contributed by atoms with Gasteiger partial charge in [-0.3, -0.25) is 14.7 Å². The van der Waals surface area contributed by atoms with Crippen molar-refractivity contribution in [3.05, 3.63) is 92.7 Å². The molecule has 1 fully saturated rings. The molecule has 10 heteroatoms. The van der Waals surface area contributed by atoms with Crippen LogP contribution in [0, 0.1) is 5.82 Å². The number of amides is 1. The number of hydrogen-bond donors (Lipinski definition) is 3. The van der Waals surface area contributed by atoms with Gasteiger partial charge in [0.2, 0.25) is 5.91 Å². The third-order valence-corrected chi connectivity index (χ3v) is 8.53. The molecule has 1 amide bonds. The van der Waals surface area contributed by atoms with E-state index in [2.05, 4.69) is 10.2 Å². The van der Waals surface area contributed by atoms with Crippen LogP contribution in [-0.4, -0.2) is 46.2 Å². The van der Waals surface area contributed by atoms with E-state index in [0.29, 0.717) is 46.2 Å². The van der Waals surface area contributed by atoms with Crippen molar-refractivity contribution in [3.8, 4) is 0 Å². The van der Waals surface area contributed by atoms with Crippen molar-refractivity contribution >= 4 is 52.2 Å². The Bertz CT molecular complexity index is 1560. The first-order valence-electron chi connectivity index (χ1n) is 12.2. The number of nitrogen functional groups attached to an aromatic ring is 1. The molecule has 3 aromatic rings. The van der Waals surface area contributed by atoms with Gasteiger partial charge in [-0.2, -0.15) is 0 Å². The summed E-state index contributed by atoms with van der Waals surface area (Å²) in [4.78, 5) is 32.5. The highest BCUT2D eigenvalue weighted by Gasteiger charge is 2.68. The number of nitrogens with one attached hydrogen (secondary N) is 1. The first-order chi connectivity index (χ1) is 18.2. The van der Waals surface area contributed by atoms with Gasteiger partial charge in [0.1, 0.15) is 11.4 Å². The molecule has 1 spiro atoms. The average molecular weight is 553 g/mol. The van der Waals surface area contributed by atoms with E-state index in [1.165, 1.54) is 18.2 Å². The Morgan fingerprint density at radius 1 is 1.24 bits per heavy atom. The molecule has 4 atom stereocenters. The first kappa shape index (κ1) is 24.9. The number of likely N-dealkylation sites (tertiary alicyclic amines) is 1. The van der Waals surface area contributed by atoms with Gasteiger partial charge in [-0.25, -0.2) is 9.18 Å². The minimum Gasteiger partial charge on any atom is -0.478 e. The number of aromatic carboxylic acids is 1. The molecular weight excluding hydrogens is 530 g/mol. The number of benzene rings is 3. The Morgan fingerprint density at radius 3 is 2.74 bits per heavy atom. The molecule has 6 rings (SSSR count). The lowest BCUT2D eigenvalue weighted by Gasteiger charge is -2.39. The summed E-state index contributed by atoms with van der Waals surface area (Å²) in [7, 11) is 0. The predicted molar refractivity (Wildman–Crippen MR) is 145 cm³/mol. The number of carboxylic acid groups (broad SMARTS) is 1. The Labute approximate surface area is 228 Å². The molecule has 3 heterocycles. The van der Waals surface area contributed by atoms with Gasteiger partial charge in [-0.05, 0) is 42.4 Å². The lowest BCUT2D eigenvalue weighted by Crippen LogP contribution is -2.52. The fraction of sp³-hybridized carbons (Fsp3) is 0.250. The molecule has 0 radical (unpaired) electrons. The van der Waals surface area contributed by atoms with Gasteiger partial charge < -0.3 is 16.2 Å². The number of aliphatic imine (C=N–C) groups is 1. The number of carboxylic acids is 1. The van der Waals surface area contributed by atoms with Gasteiger partial charge in [0.15, 0.2) is 0 Å². The van der Waals surface area contributed by atoms with Crippen molar-refractivity contribution in [2.75, 3.05) is 17.6 Å². The van der Waals surface area contributed by atoms with E-state index in [4.69, 9.17) is 33.9 Å². The van der Waals surface area contributed by atoms with Crippen LogP contribution in [0.15, 0.2) is 59.6 Å². The predicted octanol–water partition coefficient (Wildman–Crippen LogP) is 5.31. The highest BCUT2D eigenvalue weighted by Crippen LogP contribution is 2.60. The molecule has 3 aliphatic rings.